The summed E-state index contributed by atoms with van der Waals surface area (Å²) in [5, 5.41) is 3.60. The van der Waals surface area contributed by atoms with E-state index in [2.05, 4.69) is 15.3 Å². The van der Waals surface area contributed by atoms with Gasteiger partial charge in [0, 0.05) is 29.2 Å². The third-order valence-corrected chi connectivity index (χ3v) is 4.49. The number of aryl methyl sites for hydroxylation is 2. The van der Waals surface area contributed by atoms with Gasteiger partial charge in [-0.25, -0.2) is 9.97 Å². The average molecular weight is 379 g/mol. The predicted molar refractivity (Wildman–Crippen MR) is 108 cm³/mol. The normalized spacial score (nSPS) is 10.4. The molecule has 3 rings (SSSR count). The number of amides is 1. The zero-order valence-corrected chi connectivity index (χ0v) is 16.1. The zero-order valence-electron chi connectivity index (χ0n) is 15.3. The minimum Gasteiger partial charge on any atom is -0.457 e. The minimum atomic E-state index is -0.0383. The largest absolute Gasteiger partial charge is 0.457 e. The molecule has 138 valence electrons. The van der Waals surface area contributed by atoms with E-state index >= 15 is 0 Å². The SMILES string of the molecule is Cc1cc(C)nc(SCCC(=O)Nc2ccc(Oc3ccccc3)cc2)n1. The molecule has 0 aliphatic heterocycles. The second-order valence-electron chi connectivity index (χ2n) is 6.02. The smallest absolute Gasteiger partial charge is 0.225 e. The first-order valence-corrected chi connectivity index (χ1v) is 9.65. The van der Waals surface area contributed by atoms with Gasteiger partial charge in [-0.3, -0.25) is 4.79 Å². The Labute approximate surface area is 163 Å². The van der Waals surface area contributed by atoms with Crippen molar-refractivity contribution in [3.63, 3.8) is 0 Å². The minimum absolute atomic E-state index is 0.0383. The number of thioether (sulfide) groups is 1. The van der Waals surface area contributed by atoms with Crippen molar-refractivity contribution >= 4 is 23.4 Å². The molecule has 0 aliphatic rings. The van der Waals surface area contributed by atoms with Crippen molar-refractivity contribution in [1.82, 2.24) is 9.97 Å². The lowest BCUT2D eigenvalue weighted by molar-refractivity contribution is -0.115. The summed E-state index contributed by atoms with van der Waals surface area (Å²) in [5.74, 6) is 2.09. The summed E-state index contributed by atoms with van der Waals surface area (Å²) in [7, 11) is 0. The molecule has 0 saturated heterocycles. The van der Waals surface area contributed by atoms with Crippen molar-refractivity contribution in [2.75, 3.05) is 11.1 Å². The van der Waals surface area contributed by atoms with E-state index in [0.717, 1.165) is 28.6 Å². The summed E-state index contributed by atoms with van der Waals surface area (Å²) in [5.41, 5.74) is 2.62. The molecule has 0 fully saturated rings. The molecule has 0 aliphatic carbocycles. The van der Waals surface area contributed by atoms with E-state index in [4.69, 9.17) is 4.74 Å². The molecular formula is C21H21N3O2S. The first-order chi connectivity index (χ1) is 13.1. The highest BCUT2D eigenvalue weighted by Crippen LogP contribution is 2.23. The van der Waals surface area contributed by atoms with Crippen LogP contribution in [-0.4, -0.2) is 21.6 Å². The van der Waals surface area contributed by atoms with E-state index in [1.54, 1.807) is 0 Å². The first-order valence-electron chi connectivity index (χ1n) is 8.66. The van der Waals surface area contributed by atoms with Crippen LogP contribution in [0.5, 0.6) is 11.5 Å². The molecule has 0 atom stereocenters. The molecule has 3 aromatic rings. The van der Waals surface area contributed by atoms with Gasteiger partial charge in [0.2, 0.25) is 5.91 Å². The molecular weight excluding hydrogens is 358 g/mol. The van der Waals surface area contributed by atoms with Crippen LogP contribution in [0.2, 0.25) is 0 Å². The van der Waals surface area contributed by atoms with Gasteiger partial charge in [-0.1, -0.05) is 30.0 Å². The number of aromatic nitrogens is 2. The highest BCUT2D eigenvalue weighted by Gasteiger charge is 2.06. The number of carbonyl (C=O) groups excluding carboxylic acids is 1. The molecule has 27 heavy (non-hydrogen) atoms. The van der Waals surface area contributed by atoms with Gasteiger partial charge in [0.15, 0.2) is 5.16 Å². The fourth-order valence-electron chi connectivity index (χ4n) is 2.45. The van der Waals surface area contributed by atoms with Crippen LogP contribution in [0.4, 0.5) is 5.69 Å². The number of nitrogens with zero attached hydrogens (tertiary/aromatic N) is 2. The van der Waals surface area contributed by atoms with Crippen LogP contribution in [0, 0.1) is 13.8 Å². The standard InChI is InChI=1S/C21H21N3O2S/c1-15-14-16(2)23-21(22-15)27-13-12-20(25)24-17-8-10-19(11-9-17)26-18-6-4-3-5-7-18/h3-11,14H,12-13H2,1-2H3,(H,24,25). The number of anilines is 1. The van der Waals surface area contributed by atoms with Gasteiger partial charge >= 0.3 is 0 Å². The summed E-state index contributed by atoms with van der Waals surface area (Å²) < 4.78 is 5.74. The van der Waals surface area contributed by atoms with E-state index in [-0.39, 0.29) is 5.91 Å². The summed E-state index contributed by atoms with van der Waals surface area (Å²) >= 11 is 1.49. The van der Waals surface area contributed by atoms with E-state index in [1.807, 2.05) is 74.5 Å². The van der Waals surface area contributed by atoms with Gasteiger partial charge in [-0.15, -0.1) is 0 Å². The van der Waals surface area contributed by atoms with E-state index in [9.17, 15) is 4.79 Å². The van der Waals surface area contributed by atoms with Crippen molar-refractivity contribution in [3.8, 4) is 11.5 Å². The number of hydrogen-bond donors (Lipinski definition) is 1. The van der Waals surface area contributed by atoms with Crippen LogP contribution in [0.1, 0.15) is 17.8 Å². The van der Waals surface area contributed by atoms with E-state index in [0.29, 0.717) is 17.3 Å². The molecule has 1 amide bonds. The van der Waals surface area contributed by atoms with Crippen molar-refractivity contribution in [2.24, 2.45) is 0 Å². The lowest BCUT2D eigenvalue weighted by atomic mass is 10.3. The number of rotatable bonds is 7. The number of para-hydroxylation sites is 1. The molecule has 1 aromatic heterocycles. The van der Waals surface area contributed by atoms with Crippen LogP contribution < -0.4 is 10.1 Å². The number of hydrogen-bond acceptors (Lipinski definition) is 5. The quantitative estimate of drug-likeness (QED) is 0.462. The predicted octanol–water partition coefficient (Wildman–Crippen LogP) is 5.01. The maximum atomic E-state index is 12.1. The lowest BCUT2D eigenvalue weighted by Gasteiger charge is -2.08. The Morgan fingerprint density at radius 3 is 2.26 bits per heavy atom. The molecule has 1 heterocycles. The number of carbonyl (C=O) groups is 1. The van der Waals surface area contributed by atoms with Gasteiger partial charge in [0.25, 0.3) is 0 Å². The highest BCUT2D eigenvalue weighted by atomic mass is 32.2. The van der Waals surface area contributed by atoms with E-state index < -0.39 is 0 Å². The van der Waals surface area contributed by atoms with Gasteiger partial charge in [-0.2, -0.15) is 0 Å². The zero-order chi connectivity index (χ0) is 19.1. The number of nitrogens with one attached hydrogen (secondary N) is 1. The van der Waals surface area contributed by atoms with Crippen LogP contribution in [0.3, 0.4) is 0 Å². The van der Waals surface area contributed by atoms with Crippen molar-refractivity contribution in [2.45, 2.75) is 25.4 Å². The third-order valence-electron chi connectivity index (χ3n) is 3.64. The molecule has 0 spiro atoms. The van der Waals surface area contributed by atoms with Crippen LogP contribution in [0.25, 0.3) is 0 Å². The summed E-state index contributed by atoms with van der Waals surface area (Å²) in [4.78, 5) is 20.8. The molecule has 0 saturated carbocycles. The topological polar surface area (TPSA) is 64.1 Å². The van der Waals surface area contributed by atoms with Gasteiger partial charge in [-0.05, 0) is 56.3 Å². The Hall–Kier alpha value is -2.86. The highest BCUT2D eigenvalue weighted by molar-refractivity contribution is 7.99. The maximum Gasteiger partial charge on any atom is 0.225 e. The molecule has 0 bridgehead atoms. The Morgan fingerprint density at radius 2 is 1.59 bits per heavy atom. The summed E-state index contributed by atoms with van der Waals surface area (Å²) in [6.07, 6.45) is 0.392. The van der Waals surface area contributed by atoms with Crippen molar-refractivity contribution in [1.29, 1.82) is 0 Å². The van der Waals surface area contributed by atoms with Crippen LogP contribution in [0.15, 0.2) is 65.8 Å². The molecule has 0 unspecified atom stereocenters. The molecule has 5 nitrogen and oxygen atoms in total. The van der Waals surface area contributed by atoms with Gasteiger partial charge < -0.3 is 10.1 Å². The number of benzene rings is 2. The second-order valence-corrected chi connectivity index (χ2v) is 7.08. The Balaban J connectivity index is 1.46. The second kappa shape index (κ2) is 9.19. The number of ether oxygens (including phenoxy) is 1. The Kier molecular flexibility index (Phi) is 6.44. The fourth-order valence-corrected chi connectivity index (χ4v) is 3.33. The summed E-state index contributed by atoms with van der Waals surface area (Å²) in [6, 6.07) is 18.8. The lowest BCUT2D eigenvalue weighted by Crippen LogP contribution is -2.12. The molecule has 2 aromatic carbocycles. The Morgan fingerprint density at radius 1 is 0.963 bits per heavy atom. The van der Waals surface area contributed by atoms with E-state index in [1.165, 1.54) is 11.8 Å². The van der Waals surface area contributed by atoms with Gasteiger partial charge in [0.05, 0.1) is 0 Å². The first kappa shape index (κ1) is 18.9. The molecule has 6 heteroatoms. The Bertz CT molecular complexity index is 879. The van der Waals surface area contributed by atoms with Gasteiger partial charge in [0.1, 0.15) is 11.5 Å². The molecule has 1 N–H and O–H groups in total. The average Bonchev–Trinajstić information content (AvgIpc) is 2.63. The maximum absolute atomic E-state index is 12.1. The van der Waals surface area contributed by atoms with Crippen molar-refractivity contribution < 1.29 is 9.53 Å². The molecule has 0 radical (unpaired) electrons. The van der Waals surface area contributed by atoms with Crippen LogP contribution in [-0.2, 0) is 4.79 Å². The summed E-state index contributed by atoms with van der Waals surface area (Å²) in [6.45, 7) is 3.88. The fraction of sp³-hybridized carbons (Fsp3) is 0.190. The van der Waals surface area contributed by atoms with Crippen LogP contribution >= 0.6 is 11.8 Å². The third kappa shape index (κ3) is 6.11. The van der Waals surface area contributed by atoms with Crippen molar-refractivity contribution in [3.05, 3.63) is 72.1 Å². The monoisotopic (exact) mass is 379 g/mol.